The Kier molecular flexibility index (Phi) is 2.56. The number of halogens is 1. The van der Waals surface area contributed by atoms with E-state index >= 15 is 0 Å². The molecule has 3 heteroatoms. The molecule has 1 aromatic carbocycles. The summed E-state index contributed by atoms with van der Waals surface area (Å²) in [6.45, 7) is 3.83. The molecule has 0 aromatic heterocycles. The van der Waals surface area contributed by atoms with E-state index in [0.717, 1.165) is 18.2 Å². The molecule has 2 atom stereocenters. The monoisotopic (exact) mass is 237 g/mol. The zero-order chi connectivity index (χ0) is 11.1. The second-order valence-electron chi connectivity index (χ2n) is 4.71. The number of anilines is 1. The van der Waals surface area contributed by atoms with Crippen molar-refractivity contribution in [2.45, 2.75) is 31.8 Å². The van der Waals surface area contributed by atoms with Crippen molar-refractivity contribution in [3.63, 3.8) is 0 Å². The maximum absolute atomic E-state index is 6.19. The molecule has 0 radical (unpaired) electrons. The highest BCUT2D eigenvalue weighted by Crippen LogP contribution is 2.37. The Morgan fingerprint density at radius 3 is 2.62 bits per heavy atom. The molecule has 0 spiro atoms. The molecular weight excluding hydrogens is 222 g/mol. The van der Waals surface area contributed by atoms with E-state index in [-0.39, 0.29) is 0 Å². The molecule has 3 rings (SSSR count). The summed E-state index contributed by atoms with van der Waals surface area (Å²) in [5.74, 6) is 0. The Bertz CT molecular complexity index is 391. The van der Waals surface area contributed by atoms with E-state index in [2.05, 4.69) is 17.9 Å². The van der Waals surface area contributed by atoms with Crippen LogP contribution in [0, 0.1) is 6.92 Å². The fraction of sp³-hybridized carbons (Fsp3) is 0.538. The molecule has 2 fully saturated rings. The molecule has 2 bridgehead atoms. The average molecular weight is 238 g/mol. The van der Waals surface area contributed by atoms with Crippen LogP contribution in [0.3, 0.4) is 0 Å². The molecule has 1 aromatic rings. The number of nitrogens with zero attached hydrogens (tertiary/aromatic N) is 1. The van der Waals surface area contributed by atoms with Gasteiger partial charge in [-0.25, -0.2) is 0 Å². The van der Waals surface area contributed by atoms with Gasteiger partial charge in [-0.2, -0.15) is 0 Å². The van der Waals surface area contributed by atoms with Crippen molar-refractivity contribution in [2.75, 3.05) is 18.1 Å². The number of hydrogen-bond acceptors (Lipinski definition) is 2. The Balaban J connectivity index is 2.00. The van der Waals surface area contributed by atoms with Crippen LogP contribution < -0.4 is 4.90 Å². The highest BCUT2D eigenvalue weighted by molar-refractivity contribution is 6.31. The molecule has 0 N–H and O–H groups in total. The van der Waals surface area contributed by atoms with Gasteiger partial charge in [-0.15, -0.1) is 0 Å². The molecule has 0 saturated carbocycles. The van der Waals surface area contributed by atoms with E-state index in [9.17, 15) is 0 Å². The summed E-state index contributed by atoms with van der Waals surface area (Å²) in [4.78, 5) is 2.52. The van der Waals surface area contributed by atoms with Crippen LogP contribution in [0.2, 0.25) is 5.02 Å². The molecule has 86 valence electrons. The second-order valence-corrected chi connectivity index (χ2v) is 5.12. The minimum Gasteiger partial charge on any atom is -0.377 e. The molecule has 2 nitrogen and oxygen atoms in total. The summed E-state index contributed by atoms with van der Waals surface area (Å²) in [6, 6.07) is 7.28. The Morgan fingerprint density at radius 1 is 1.25 bits per heavy atom. The van der Waals surface area contributed by atoms with Crippen molar-refractivity contribution in [3.8, 4) is 0 Å². The zero-order valence-electron chi connectivity index (χ0n) is 9.45. The van der Waals surface area contributed by atoms with Crippen LogP contribution in [0.25, 0.3) is 0 Å². The van der Waals surface area contributed by atoms with Crippen LogP contribution in [0.1, 0.15) is 18.4 Å². The molecule has 2 aliphatic heterocycles. The minimum atomic E-state index is 0.552. The zero-order valence-corrected chi connectivity index (χ0v) is 10.2. The molecule has 0 amide bonds. The second kappa shape index (κ2) is 3.94. The largest absolute Gasteiger partial charge is 0.377 e. The lowest BCUT2D eigenvalue weighted by Crippen LogP contribution is -2.46. The van der Waals surface area contributed by atoms with Gasteiger partial charge >= 0.3 is 0 Å². The minimum absolute atomic E-state index is 0.552. The van der Waals surface area contributed by atoms with Gasteiger partial charge in [0, 0.05) is 10.7 Å². The third-order valence-electron chi connectivity index (χ3n) is 3.76. The van der Waals surface area contributed by atoms with E-state index in [1.165, 1.54) is 24.1 Å². The predicted octanol–water partition coefficient (Wildman–Crippen LogP) is 3.02. The fourth-order valence-electron chi connectivity index (χ4n) is 2.90. The standard InChI is InChI=1S/C13H16ClNO/c1-9-12(14)3-2-4-13(9)15-10-5-6-11(15)8-16-7-10/h2-4,10-11H,5-8H2,1H3. The van der Waals surface area contributed by atoms with Crippen LogP contribution in [-0.2, 0) is 4.74 Å². The average Bonchev–Trinajstić information content (AvgIpc) is 2.54. The van der Waals surface area contributed by atoms with E-state index in [1.807, 2.05) is 12.1 Å². The number of ether oxygens (including phenoxy) is 1. The lowest BCUT2D eigenvalue weighted by atomic mass is 10.1. The summed E-state index contributed by atoms with van der Waals surface area (Å²) in [5, 5.41) is 0.864. The van der Waals surface area contributed by atoms with Gasteiger partial charge in [-0.1, -0.05) is 17.7 Å². The highest BCUT2D eigenvalue weighted by Gasteiger charge is 2.37. The van der Waals surface area contributed by atoms with Gasteiger partial charge in [-0.3, -0.25) is 0 Å². The third kappa shape index (κ3) is 1.52. The SMILES string of the molecule is Cc1c(Cl)cccc1N1C2CCC1COC2. The van der Waals surface area contributed by atoms with Gasteiger partial charge < -0.3 is 9.64 Å². The topological polar surface area (TPSA) is 12.5 Å². The van der Waals surface area contributed by atoms with Crippen LogP contribution in [0.5, 0.6) is 0 Å². The van der Waals surface area contributed by atoms with Gasteiger partial charge in [0.2, 0.25) is 0 Å². The predicted molar refractivity (Wildman–Crippen MR) is 66.3 cm³/mol. The summed E-state index contributed by atoms with van der Waals surface area (Å²) in [7, 11) is 0. The van der Waals surface area contributed by atoms with Crippen molar-refractivity contribution in [1.29, 1.82) is 0 Å². The van der Waals surface area contributed by atoms with E-state index < -0.39 is 0 Å². The van der Waals surface area contributed by atoms with Crippen LogP contribution >= 0.6 is 11.6 Å². The normalized spacial score (nSPS) is 28.5. The van der Waals surface area contributed by atoms with E-state index in [1.54, 1.807) is 0 Å². The van der Waals surface area contributed by atoms with Crippen LogP contribution in [-0.4, -0.2) is 25.3 Å². The van der Waals surface area contributed by atoms with Gasteiger partial charge in [0.05, 0.1) is 25.3 Å². The lowest BCUT2D eigenvalue weighted by molar-refractivity contribution is 0.0906. The van der Waals surface area contributed by atoms with Crippen molar-refractivity contribution in [2.24, 2.45) is 0 Å². The number of benzene rings is 1. The first kappa shape index (κ1) is 10.4. The van der Waals surface area contributed by atoms with Gasteiger partial charge in [0.25, 0.3) is 0 Å². The van der Waals surface area contributed by atoms with Crippen molar-refractivity contribution >= 4 is 17.3 Å². The maximum Gasteiger partial charge on any atom is 0.0671 e. The Hall–Kier alpha value is -0.730. The van der Waals surface area contributed by atoms with E-state index in [0.29, 0.717) is 12.1 Å². The first-order chi connectivity index (χ1) is 7.77. The number of morpholine rings is 1. The molecular formula is C13H16ClNO. The maximum atomic E-state index is 6.19. The van der Waals surface area contributed by atoms with Crippen molar-refractivity contribution in [1.82, 2.24) is 0 Å². The fourth-order valence-corrected chi connectivity index (χ4v) is 3.07. The number of hydrogen-bond donors (Lipinski definition) is 0. The Labute approximate surface area is 101 Å². The number of rotatable bonds is 1. The number of fused-ring (bicyclic) bond motifs is 2. The first-order valence-corrected chi connectivity index (χ1v) is 6.26. The van der Waals surface area contributed by atoms with Gasteiger partial charge in [0.1, 0.15) is 0 Å². The summed E-state index contributed by atoms with van der Waals surface area (Å²) in [6.07, 6.45) is 2.49. The smallest absolute Gasteiger partial charge is 0.0671 e. The van der Waals surface area contributed by atoms with Crippen molar-refractivity contribution in [3.05, 3.63) is 28.8 Å². The molecule has 2 saturated heterocycles. The van der Waals surface area contributed by atoms with Gasteiger partial charge in [0.15, 0.2) is 0 Å². The Morgan fingerprint density at radius 2 is 1.94 bits per heavy atom. The highest BCUT2D eigenvalue weighted by atomic mass is 35.5. The summed E-state index contributed by atoms with van der Waals surface area (Å²) in [5.41, 5.74) is 2.49. The summed E-state index contributed by atoms with van der Waals surface area (Å²) >= 11 is 6.19. The summed E-state index contributed by atoms with van der Waals surface area (Å²) < 4.78 is 5.60. The third-order valence-corrected chi connectivity index (χ3v) is 4.17. The van der Waals surface area contributed by atoms with Gasteiger partial charge in [-0.05, 0) is 37.5 Å². The molecule has 2 heterocycles. The lowest BCUT2D eigenvalue weighted by Gasteiger charge is -2.37. The van der Waals surface area contributed by atoms with Crippen molar-refractivity contribution < 1.29 is 4.74 Å². The van der Waals surface area contributed by atoms with Crippen LogP contribution in [0.4, 0.5) is 5.69 Å². The molecule has 0 aliphatic carbocycles. The molecule has 2 aliphatic rings. The quantitative estimate of drug-likeness (QED) is 0.745. The molecule has 16 heavy (non-hydrogen) atoms. The van der Waals surface area contributed by atoms with Crippen LogP contribution in [0.15, 0.2) is 18.2 Å². The van der Waals surface area contributed by atoms with E-state index in [4.69, 9.17) is 16.3 Å². The molecule has 2 unspecified atom stereocenters. The first-order valence-electron chi connectivity index (χ1n) is 5.88.